The molecule has 0 aliphatic carbocycles. The van der Waals surface area contributed by atoms with Gasteiger partial charge in [-0.1, -0.05) is 37.3 Å². The highest BCUT2D eigenvalue weighted by Crippen LogP contribution is 2.21. The van der Waals surface area contributed by atoms with Crippen LogP contribution < -0.4 is 0 Å². The van der Waals surface area contributed by atoms with Crippen LogP contribution >= 0.6 is 0 Å². The summed E-state index contributed by atoms with van der Waals surface area (Å²) in [6.45, 7) is 1.75. The molecular formula is C15H12F2O. The van der Waals surface area contributed by atoms with Crippen molar-refractivity contribution >= 4 is 5.78 Å². The Balaban J connectivity index is 2.29. The van der Waals surface area contributed by atoms with E-state index >= 15 is 0 Å². The van der Waals surface area contributed by atoms with E-state index in [2.05, 4.69) is 0 Å². The lowest BCUT2D eigenvalue weighted by molar-refractivity contribution is 0.0965. The van der Waals surface area contributed by atoms with Gasteiger partial charge < -0.3 is 0 Å². The second kappa shape index (κ2) is 5.08. The summed E-state index contributed by atoms with van der Waals surface area (Å²) in [5.74, 6) is -2.55. The molecule has 0 aromatic heterocycles. The number of benzene rings is 2. The van der Waals surface area contributed by atoms with Crippen LogP contribution in [0.25, 0.3) is 0 Å². The van der Waals surface area contributed by atoms with Crippen LogP contribution in [-0.2, 0) is 0 Å². The van der Waals surface area contributed by atoms with Crippen molar-refractivity contribution in [2.75, 3.05) is 0 Å². The van der Waals surface area contributed by atoms with E-state index in [0.717, 1.165) is 17.7 Å². The Labute approximate surface area is 104 Å². The Morgan fingerprint density at radius 2 is 1.67 bits per heavy atom. The molecule has 0 aliphatic heterocycles. The average Bonchev–Trinajstić information content (AvgIpc) is 2.41. The van der Waals surface area contributed by atoms with Gasteiger partial charge in [-0.25, -0.2) is 8.78 Å². The first kappa shape index (κ1) is 12.4. The Kier molecular flexibility index (Phi) is 3.51. The van der Waals surface area contributed by atoms with Crippen LogP contribution in [-0.4, -0.2) is 5.78 Å². The smallest absolute Gasteiger partial charge is 0.170 e. The zero-order chi connectivity index (χ0) is 13.1. The number of rotatable bonds is 3. The van der Waals surface area contributed by atoms with Gasteiger partial charge in [0.25, 0.3) is 0 Å². The number of hydrogen-bond donors (Lipinski definition) is 0. The molecule has 0 saturated heterocycles. The van der Waals surface area contributed by atoms with Gasteiger partial charge in [0.15, 0.2) is 17.4 Å². The maximum atomic E-state index is 13.1. The maximum Gasteiger partial charge on any atom is 0.170 e. The normalized spacial score (nSPS) is 12.2. The number of ketones is 1. The molecule has 0 N–H and O–H groups in total. The number of Topliss-reactive ketones (excluding diaryl/α,β-unsaturated/α-hetero) is 1. The predicted octanol–water partition coefficient (Wildman–Crippen LogP) is 3.95. The van der Waals surface area contributed by atoms with Crippen LogP contribution in [0.15, 0.2) is 48.5 Å². The van der Waals surface area contributed by atoms with Gasteiger partial charge in [0.1, 0.15) is 0 Å². The Bertz CT molecular complexity index is 564. The van der Waals surface area contributed by atoms with E-state index in [-0.39, 0.29) is 17.3 Å². The SMILES string of the molecule is CC(C(=O)c1ccc(F)c(F)c1)c1ccccc1. The monoisotopic (exact) mass is 246 g/mol. The third-order valence-electron chi connectivity index (χ3n) is 2.90. The lowest BCUT2D eigenvalue weighted by atomic mass is 9.92. The van der Waals surface area contributed by atoms with E-state index in [9.17, 15) is 13.6 Å². The molecule has 0 bridgehead atoms. The lowest BCUT2D eigenvalue weighted by Crippen LogP contribution is -2.10. The van der Waals surface area contributed by atoms with Gasteiger partial charge in [0.2, 0.25) is 0 Å². The molecule has 0 amide bonds. The first-order valence-electron chi connectivity index (χ1n) is 5.64. The van der Waals surface area contributed by atoms with Crippen molar-refractivity contribution in [1.29, 1.82) is 0 Å². The molecule has 1 nitrogen and oxygen atoms in total. The fraction of sp³-hybridized carbons (Fsp3) is 0.133. The van der Waals surface area contributed by atoms with E-state index in [1.54, 1.807) is 6.92 Å². The predicted molar refractivity (Wildman–Crippen MR) is 65.5 cm³/mol. The summed E-state index contributed by atoms with van der Waals surface area (Å²) in [4.78, 5) is 12.1. The maximum absolute atomic E-state index is 13.1. The molecule has 2 rings (SSSR count). The molecule has 1 atom stereocenters. The summed E-state index contributed by atoms with van der Waals surface area (Å²) in [7, 11) is 0. The minimum Gasteiger partial charge on any atom is -0.294 e. The van der Waals surface area contributed by atoms with Gasteiger partial charge in [-0.3, -0.25) is 4.79 Å². The second-order valence-electron chi connectivity index (χ2n) is 4.13. The fourth-order valence-electron chi connectivity index (χ4n) is 1.79. The minimum atomic E-state index is -0.999. The van der Waals surface area contributed by atoms with Crippen LogP contribution in [0.4, 0.5) is 8.78 Å². The molecule has 0 fully saturated rings. The van der Waals surface area contributed by atoms with Gasteiger partial charge in [-0.15, -0.1) is 0 Å². The van der Waals surface area contributed by atoms with Crippen LogP contribution in [0.1, 0.15) is 28.8 Å². The summed E-state index contributed by atoms with van der Waals surface area (Å²) in [5.41, 5.74) is 1.04. The lowest BCUT2D eigenvalue weighted by Gasteiger charge is -2.10. The molecule has 0 spiro atoms. The van der Waals surface area contributed by atoms with Gasteiger partial charge >= 0.3 is 0 Å². The van der Waals surface area contributed by atoms with E-state index < -0.39 is 11.6 Å². The molecule has 0 heterocycles. The second-order valence-corrected chi connectivity index (χ2v) is 4.13. The number of carbonyl (C=O) groups is 1. The van der Waals surface area contributed by atoms with Crippen molar-refractivity contribution < 1.29 is 13.6 Å². The van der Waals surface area contributed by atoms with Crippen molar-refractivity contribution in [3.8, 4) is 0 Å². The van der Waals surface area contributed by atoms with Crippen molar-refractivity contribution in [2.45, 2.75) is 12.8 Å². The van der Waals surface area contributed by atoms with E-state index in [1.807, 2.05) is 30.3 Å². The van der Waals surface area contributed by atoms with Crippen LogP contribution in [0, 0.1) is 11.6 Å². The van der Waals surface area contributed by atoms with Gasteiger partial charge in [0.05, 0.1) is 0 Å². The van der Waals surface area contributed by atoms with E-state index in [0.29, 0.717) is 0 Å². The number of hydrogen-bond acceptors (Lipinski definition) is 1. The Morgan fingerprint density at radius 3 is 2.28 bits per heavy atom. The van der Waals surface area contributed by atoms with Crippen molar-refractivity contribution in [2.24, 2.45) is 0 Å². The molecule has 0 aliphatic rings. The van der Waals surface area contributed by atoms with Crippen LogP contribution in [0.2, 0.25) is 0 Å². The molecule has 92 valence electrons. The largest absolute Gasteiger partial charge is 0.294 e. The summed E-state index contributed by atoms with van der Waals surface area (Å²) >= 11 is 0. The van der Waals surface area contributed by atoms with Gasteiger partial charge in [-0.05, 0) is 23.8 Å². The quantitative estimate of drug-likeness (QED) is 0.749. The molecule has 2 aromatic carbocycles. The number of halogens is 2. The first-order chi connectivity index (χ1) is 8.59. The van der Waals surface area contributed by atoms with E-state index in [1.165, 1.54) is 6.07 Å². The zero-order valence-corrected chi connectivity index (χ0v) is 9.86. The van der Waals surface area contributed by atoms with Gasteiger partial charge in [0, 0.05) is 11.5 Å². The van der Waals surface area contributed by atoms with Crippen molar-refractivity contribution in [1.82, 2.24) is 0 Å². The Hall–Kier alpha value is -2.03. The first-order valence-corrected chi connectivity index (χ1v) is 5.64. The van der Waals surface area contributed by atoms with Crippen molar-refractivity contribution in [3.63, 3.8) is 0 Å². The molecular weight excluding hydrogens is 234 g/mol. The molecule has 3 heteroatoms. The van der Waals surface area contributed by atoms with Crippen LogP contribution in [0.5, 0.6) is 0 Å². The highest BCUT2D eigenvalue weighted by Gasteiger charge is 2.18. The summed E-state index contributed by atoms with van der Waals surface area (Å²) in [6, 6.07) is 12.4. The highest BCUT2D eigenvalue weighted by molar-refractivity contribution is 6.00. The standard InChI is InChI=1S/C15H12F2O/c1-10(11-5-3-2-4-6-11)15(18)12-7-8-13(16)14(17)9-12/h2-10H,1H3. The molecule has 18 heavy (non-hydrogen) atoms. The molecule has 0 radical (unpaired) electrons. The third kappa shape index (κ3) is 2.45. The summed E-state index contributed by atoms with van der Waals surface area (Å²) in [6.07, 6.45) is 0. The van der Waals surface area contributed by atoms with Gasteiger partial charge in [-0.2, -0.15) is 0 Å². The zero-order valence-electron chi connectivity index (χ0n) is 9.86. The summed E-state index contributed by atoms with van der Waals surface area (Å²) < 4.78 is 25.9. The molecule has 1 unspecified atom stereocenters. The molecule has 2 aromatic rings. The molecule has 0 saturated carbocycles. The Morgan fingerprint density at radius 1 is 1.00 bits per heavy atom. The minimum absolute atomic E-state index is 0.185. The fourth-order valence-corrected chi connectivity index (χ4v) is 1.79. The third-order valence-corrected chi connectivity index (χ3v) is 2.90. The van der Waals surface area contributed by atoms with Crippen molar-refractivity contribution in [3.05, 3.63) is 71.3 Å². The van der Waals surface area contributed by atoms with Crippen LogP contribution in [0.3, 0.4) is 0 Å². The average molecular weight is 246 g/mol. The van der Waals surface area contributed by atoms with E-state index in [4.69, 9.17) is 0 Å². The topological polar surface area (TPSA) is 17.1 Å². The summed E-state index contributed by atoms with van der Waals surface area (Å²) in [5, 5.41) is 0. The highest BCUT2D eigenvalue weighted by atomic mass is 19.2. The number of carbonyl (C=O) groups excluding carboxylic acids is 1.